The maximum Gasteiger partial charge on any atom is 0.0145 e. The number of nitrogens with two attached hydrogens (primary N) is 1. The van der Waals surface area contributed by atoms with Crippen molar-refractivity contribution >= 4 is 12.6 Å². The second-order valence-corrected chi connectivity index (χ2v) is 4.38. The molecule has 2 heteroatoms. The first-order valence-electron chi connectivity index (χ1n) is 3.34. The van der Waals surface area contributed by atoms with Crippen LogP contribution in [-0.4, -0.2) is 11.8 Å². The van der Waals surface area contributed by atoms with Gasteiger partial charge < -0.3 is 5.73 Å². The Morgan fingerprint density at radius 2 is 1.89 bits per heavy atom. The van der Waals surface area contributed by atoms with Crippen molar-refractivity contribution in [3.63, 3.8) is 0 Å². The summed E-state index contributed by atoms with van der Waals surface area (Å²) in [5, 5.41) is 0.366. The summed E-state index contributed by atoms with van der Waals surface area (Å²) in [4.78, 5) is 0. The van der Waals surface area contributed by atoms with Gasteiger partial charge in [-0.2, -0.15) is 12.6 Å². The van der Waals surface area contributed by atoms with E-state index in [9.17, 15) is 0 Å². The highest BCUT2D eigenvalue weighted by Gasteiger charge is 2.13. The fraction of sp³-hybridized carbons (Fsp3) is 1.00. The quantitative estimate of drug-likeness (QED) is 0.571. The first kappa shape index (κ1) is 9.31. The average Bonchev–Trinajstić information content (AvgIpc) is 1.62. The lowest BCUT2D eigenvalue weighted by Gasteiger charge is -2.21. The zero-order valence-corrected chi connectivity index (χ0v) is 7.41. The van der Waals surface area contributed by atoms with E-state index >= 15 is 0 Å². The van der Waals surface area contributed by atoms with Gasteiger partial charge in [-0.05, 0) is 11.8 Å². The molecule has 1 atom stereocenters. The van der Waals surface area contributed by atoms with Gasteiger partial charge >= 0.3 is 0 Å². The van der Waals surface area contributed by atoms with Gasteiger partial charge in [-0.1, -0.05) is 20.8 Å². The molecule has 9 heavy (non-hydrogen) atoms. The second-order valence-electron chi connectivity index (χ2n) is 3.65. The normalized spacial score (nSPS) is 15.7. The molecule has 0 aromatic rings. The topological polar surface area (TPSA) is 26.0 Å². The Bertz CT molecular complexity index is 75.5. The van der Waals surface area contributed by atoms with Gasteiger partial charge in [0.05, 0.1) is 0 Å². The Balaban J connectivity index is 3.47. The zero-order valence-electron chi connectivity index (χ0n) is 6.52. The molecule has 0 heterocycles. The Morgan fingerprint density at radius 1 is 1.44 bits per heavy atom. The minimum atomic E-state index is 0.366. The fourth-order valence-electron chi connectivity index (χ4n) is 0.790. The van der Waals surface area contributed by atoms with E-state index in [2.05, 4.69) is 33.4 Å². The molecule has 0 fully saturated rings. The van der Waals surface area contributed by atoms with Crippen molar-refractivity contribution in [2.24, 2.45) is 11.1 Å². The average molecular weight is 147 g/mol. The lowest BCUT2D eigenvalue weighted by molar-refractivity contribution is 0.374. The van der Waals surface area contributed by atoms with Crippen molar-refractivity contribution in [1.82, 2.24) is 0 Å². The second kappa shape index (κ2) is 3.47. The molecule has 0 saturated carbocycles. The van der Waals surface area contributed by atoms with Crippen LogP contribution in [0.5, 0.6) is 0 Å². The lowest BCUT2D eigenvalue weighted by Crippen LogP contribution is -2.20. The molecule has 0 radical (unpaired) electrons. The lowest BCUT2D eigenvalue weighted by atomic mass is 9.90. The van der Waals surface area contributed by atoms with Crippen LogP contribution in [0.3, 0.4) is 0 Å². The summed E-state index contributed by atoms with van der Waals surface area (Å²) < 4.78 is 0. The summed E-state index contributed by atoms with van der Waals surface area (Å²) >= 11 is 4.30. The van der Waals surface area contributed by atoms with Crippen LogP contribution in [0.15, 0.2) is 0 Å². The van der Waals surface area contributed by atoms with Crippen LogP contribution < -0.4 is 5.73 Å². The Morgan fingerprint density at radius 3 is 2.00 bits per heavy atom. The molecule has 56 valence electrons. The number of hydrogen-bond donors (Lipinski definition) is 2. The van der Waals surface area contributed by atoms with Crippen LogP contribution in [0.2, 0.25) is 0 Å². The minimum Gasteiger partial charge on any atom is -0.329 e. The van der Waals surface area contributed by atoms with Gasteiger partial charge in [0.15, 0.2) is 0 Å². The van der Waals surface area contributed by atoms with E-state index in [0.717, 1.165) is 6.42 Å². The largest absolute Gasteiger partial charge is 0.329 e. The van der Waals surface area contributed by atoms with Gasteiger partial charge in [-0.3, -0.25) is 0 Å². The fourth-order valence-corrected chi connectivity index (χ4v) is 1.34. The Kier molecular flexibility index (Phi) is 3.59. The summed E-state index contributed by atoms with van der Waals surface area (Å²) in [6.45, 7) is 7.28. The van der Waals surface area contributed by atoms with Gasteiger partial charge in [0.1, 0.15) is 0 Å². The van der Waals surface area contributed by atoms with Crippen molar-refractivity contribution in [3.05, 3.63) is 0 Å². The highest BCUT2D eigenvalue weighted by atomic mass is 32.1. The third-order valence-corrected chi connectivity index (χ3v) is 1.51. The molecule has 0 aliphatic heterocycles. The number of thiol groups is 1. The molecule has 2 N–H and O–H groups in total. The minimum absolute atomic E-state index is 0.366. The van der Waals surface area contributed by atoms with Crippen LogP contribution in [-0.2, 0) is 0 Å². The molecule has 0 spiro atoms. The summed E-state index contributed by atoms with van der Waals surface area (Å²) in [7, 11) is 0. The van der Waals surface area contributed by atoms with Crippen molar-refractivity contribution in [2.75, 3.05) is 6.54 Å². The van der Waals surface area contributed by atoms with Crippen LogP contribution in [0.1, 0.15) is 27.2 Å². The van der Waals surface area contributed by atoms with Gasteiger partial charge in [0, 0.05) is 11.8 Å². The van der Waals surface area contributed by atoms with Crippen molar-refractivity contribution in [3.8, 4) is 0 Å². The third-order valence-electron chi connectivity index (χ3n) is 1.12. The van der Waals surface area contributed by atoms with Crippen LogP contribution in [0.25, 0.3) is 0 Å². The SMILES string of the molecule is CC(C)(C)CC(S)CN. The molecular weight excluding hydrogens is 130 g/mol. The Labute approximate surface area is 63.4 Å². The maximum absolute atomic E-state index is 5.40. The van der Waals surface area contributed by atoms with E-state index in [1.54, 1.807) is 0 Å². The number of hydrogen-bond acceptors (Lipinski definition) is 2. The zero-order chi connectivity index (χ0) is 7.49. The van der Waals surface area contributed by atoms with Crippen LogP contribution >= 0.6 is 12.6 Å². The van der Waals surface area contributed by atoms with E-state index in [-0.39, 0.29) is 0 Å². The number of rotatable bonds is 2. The molecule has 1 nitrogen and oxygen atoms in total. The molecule has 0 aliphatic rings. The third kappa shape index (κ3) is 6.19. The van der Waals surface area contributed by atoms with Crippen molar-refractivity contribution < 1.29 is 0 Å². The predicted octanol–water partition coefficient (Wildman–Crippen LogP) is 1.68. The summed E-state index contributed by atoms with van der Waals surface area (Å²) in [5.74, 6) is 0. The van der Waals surface area contributed by atoms with Gasteiger partial charge in [-0.15, -0.1) is 0 Å². The summed E-state index contributed by atoms with van der Waals surface area (Å²) in [6, 6.07) is 0. The molecule has 0 aromatic heterocycles. The molecule has 0 amide bonds. The molecule has 0 aliphatic carbocycles. The van der Waals surface area contributed by atoms with E-state index < -0.39 is 0 Å². The van der Waals surface area contributed by atoms with Crippen molar-refractivity contribution in [1.29, 1.82) is 0 Å². The highest BCUT2D eigenvalue weighted by molar-refractivity contribution is 7.81. The molecule has 0 saturated heterocycles. The van der Waals surface area contributed by atoms with E-state index in [1.807, 2.05) is 0 Å². The van der Waals surface area contributed by atoms with Crippen LogP contribution in [0.4, 0.5) is 0 Å². The van der Waals surface area contributed by atoms with Gasteiger partial charge in [0.25, 0.3) is 0 Å². The van der Waals surface area contributed by atoms with E-state index in [0.29, 0.717) is 17.2 Å². The first-order valence-corrected chi connectivity index (χ1v) is 3.85. The standard InChI is InChI=1S/C7H17NS/c1-7(2,3)4-6(9)5-8/h6,9H,4-5,8H2,1-3H3. The van der Waals surface area contributed by atoms with Gasteiger partial charge in [0.2, 0.25) is 0 Å². The maximum atomic E-state index is 5.40. The molecule has 0 aromatic carbocycles. The van der Waals surface area contributed by atoms with Crippen LogP contribution in [0, 0.1) is 5.41 Å². The monoisotopic (exact) mass is 147 g/mol. The summed E-state index contributed by atoms with van der Waals surface area (Å²) in [6.07, 6.45) is 1.09. The summed E-state index contributed by atoms with van der Waals surface area (Å²) in [5.41, 5.74) is 5.77. The molecule has 0 bridgehead atoms. The van der Waals surface area contributed by atoms with Crippen molar-refractivity contribution in [2.45, 2.75) is 32.4 Å². The first-order chi connectivity index (χ1) is 3.95. The Hall–Kier alpha value is 0.310. The molecular formula is C7H17NS. The smallest absolute Gasteiger partial charge is 0.0145 e. The predicted molar refractivity (Wildman–Crippen MR) is 45.9 cm³/mol. The van der Waals surface area contributed by atoms with E-state index in [4.69, 9.17) is 5.73 Å². The molecule has 1 unspecified atom stereocenters. The van der Waals surface area contributed by atoms with Gasteiger partial charge in [-0.25, -0.2) is 0 Å². The van der Waals surface area contributed by atoms with E-state index in [1.165, 1.54) is 0 Å². The highest BCUT2D eigenvalue weighted by Crippen LogP contribution is 2.22. The molecule has 0 rings (SSSR count).